The van der Waals surface area contributed by atoms with E-state index in [1.165, 1.54) is 0 Å². The number of fused-ring (bicyclic) bond motifs is 3. The van der Waals surface area contributed by atoms with E-state index in [1.54, 1.807) is 24.3 Å². The van der Waals surface area contributed by atoms with Crippen LogP contribution < -0.4 is 0 Å². The topological polar surface area (TPSA) is 35.5 Å². The summed E-state index contributed by atoms with van der Waals surface area (Å²) in [6.45, 7) is 0.846. The van der Waals surface area contributed by atoms with Crippen LogP contribution in [-0.2, 0) is 20.3 Å². The molecule has 2 saturated heterocycles. The maximum absolute atomic E-state index is 14.8. The molecule has 3 nitrogen and oxygen atoms in total. The number of halogens is 3. The Balaban J connectivity index is 1.87. The molecule has 0 N–H and O–H groups in total. The number of rotatable bonds is 2. The van der Waals surface area contributed by atoms with E-state index >= 15 is 0 Å². The molecule has 1 aromatic rings. The summed E-state index contributed by atoms with van der Waals surface area (Å²) in [5, 5.41) is 0.529. The first-order valence-corrected chi connectivity index (χ1v) is 9.66. The molecular formula is C18H17ClF2O3S. The lowest BCUT2D eigenvalue weighted by molar-refractivity contribution is -0.0746. The Hall–Kier alpha value is -1.08. The van der Waals surface area contributed by atoms with Gasteiger partial charge in [0.15, 0.2) is 0 Å². The quantitative estimate of drug-likeness (QED) is 0.776. The van der Waals surface area contributed by atoms with Crippen LogP contribution in [0.5, 0.6) is 0 Å². The van der Waals surface area contributed by atoms with Crippen LogP contribution in [0.2, 0.25) is 5.02 Å². The fourth-order valence-corrected chi connectivity index (χ4v) is 5.99. The van der Waals surface area contributed by atoms with Crippen molar-refractivity contribution in [2.75, 3.05) is 19.8 Å². The molecule has 25 heavy (non-hydrogen) atoms. The molecule has 0 spiro atoms. The van der Waals surface area contributed by atoms with Gasteiger partial charge in [-0.25, -0.2) is 8.78 Å². The molecule has 1 aliphatic carbocycles. The van der Waals surface area contributed by atoms with Crippen LogP contribution in [0.3, 0.4) is 0 Å². The van der Waals surface area contributed by atoms with E-state index in [-0.39, 0.29) is 18.1 Å². The van der Waals surface area contributed by atoms with Crippen LogP contribution in [0.1, 0.15) is 6.42 Å². The first-order chi connectivity index (χ1) is 12.0. The second-order valence-corrected chi connectivity index (χ2v) is 8.63. The van der Waals surface area contributed by atoms with E-state index in [4.69, 9.17) is 21.1 Å². The van der Waals surface area contributed by atoms with Gasteiger partial charge in [-0.2, -0.15) is 0 Å². The van der Waals surface area contributed by atoms with Crippen LogP contribution in [-0.4, -0.2) is 41.1 Å². The lowest BCUT2D eigenvalue weighted by atomic mass is 9.74. The summed E-state index contributed by atoms with van der Waals surface area (Å²) in [6.07, 6.45) is 0.157. The molecule has 2 aliphatic heterocycles. The highest BCUT2D eigenvalue weighted by Gasteiger charge is 2.58. The van der Waals surface area contributed by atoms with Crippen molar-refractivity contribution in [3.05, 3.63) is 52.8 Å². The van der Waals surface area contributed by atoms with Gasteiger partial charge in [-0.3, -0.25) is 4.21 Å². The van der Waals surface area contributed by atoms with Crippen molar-refractivity contribution in [1.29, 1.82) is 0 Å². The third-order valence-corrected chi connectivity index (χ3v) is 7.52. The van der Waals surface area contributed by atoms with Crippen LogP contribution in [0.15, 0.2) is 52.7 Å². The van der Waals surface area contributed by atoms with Crippen molar-refractivity contribution in [3.63, 3.8) is 0 Å². The molecule has 0 bridgehead atoms. The Bertz CT molecular complexity index is 764. The standard InChI is InChI=1S/C18H17ClF2O3S/c19-12-1-3-13(4-2-12)25(22)18-7-8-23-9-11(18)10-24-17-15(21)6-5-14(20)16(17)18/h1-6,11,15,17H,7-10H2/t11?,15?,17?,18-,25?/m0/s1. The van der Waals surface area contributed by atoms with Crippen LogP contribution in [0.4, 0.5) is 8.78 Å². The molecule has 3 aliphatic rings. The second kappa shape index (κ2) is 6.58. The molecule has 1 aromatic carbocycles. The summed E-state index contributed by atoms with van der Waals surface area (Å²) in [6, 6.07) is 6.66. The Morgan fingerprint density at radius 2 is 2.00 bits per heavy atom. The fraction of sp³-hybridized carbons (Fsp3) is 0.444. The average molecular weight is 387 g/mol. The molecule has 0 aromatic heterocycles. The zero-order valence-corrected chi connectivity index (χ0v) is 14.9. The highest BCUT2D eigenvalue weighted by Crippen LogP contribution is 2.50. The molecule has 5 atom stereocenters. The van der Waals surface area contributed by atoms with Gasteiger partial charge in [0.2, 0.25) is 0 Å². The summed E-state index contributed by atoms with van der Waals surface area (Å²) in [4.78, 5) is 0.544. The van der Waals surface area contributed by atoms with Gasteiger partial charge in [-0.1, -0.05) is 11.6 Å². The molecule has 0 radical (unpaired) electrons. The highest BCUT2D eigenvalue weighted by molar-refractivity contribution is 7.86. The second-order valence-electron chi connectivity index (χ2n) is 6.45. The summed E-state index contributed by atoms with van der Waals surface area (Å²) in [5.41, 5.74) is 0.176. The third-order valence-electron chi connectivity index (χ3n) is 5.15. The zero-order valence-electron chi connectivity index (χ0n) is 13.3. The molecule has 4 rings (SSSR count). The maximum Gasteiger partial charge on any atom is 0.149 e. The fourth-order valence-electron chi connectivity index (χ4n) is 3.94. The van der Waals surface area contributed by atoms with Crippen LogP contribution >= 0.6 is 11.6 Å². The zero-order chi connectivity index (χ0) is 17.6. The Morgan fingerprint density at radius 1 is 1.24 bits per heavy atom. The SMILES string of the molecule is O=S(c1ccc(Cl)cc1)[C@@]12CCOCC1COC1C2=C(F)C=CC1F. The molecule has 0 amide bonds. The molecule has 2 heterocycles. The van der Waals surface area contributed by atoms with Gasteiger partial charge < -0.3 is 9.47 Å². The Labute approximate surface area is 152 Å². The molecule has 7 heteroatoms. The summed E-state index contributed by atoms with van der Waals surface area (Å²) >= 11 is 5.92. The van der Waals surface area contributed by atoms with Gasteiger partial charge in [-0.05, 0) is 42.8 Å². The van der Waals surface area contributed by atoms with E-state index < -0.39 is 33.6 Å². The van der Waals surface area contributed by atoms with Crippen molar-refractivity contribution < 1.29 is 22.5 Å². The number of ether oxygens (including phenoxy) is 2. The van der Waals surface area contributed by atoms with Crippen LogP contribution in [0.25, 0.3) is 0 Å². The van der Waals surface area contributed by atoms with Gasteiger partial charge in [0.25, 0.3) is 0 Å². The summed E-state index contributed by atoms with van der Waals surface area (Å²) < 4.78 is 52.9. The summed E-state index contributed by atoms with van der Waals surface area (Å²) in [5.74, 6) is -0.846. The van der Waals surface area contributed by atoms with Crippen molar-refractivity contribution >= 4 is 22.4 Å². The van der Waals surface area contributed by atoms with Gasteiger partial charge in [0, 0.05) is 28.0 Å². The number of benzene rings is 1. The molecule has 4 unspecified atom stereocenters. The first-order valence-electron chi connectivity index (χ1n) is 8.13. The Kier molecular flexibility index (Phi) is 4.56. The highest BCUT2D eigenvalue weighted by atomic mass is 35.5. The molecule has 0 saturated carbocycles. The first kappa shape index (κ1) is 17.3. The lowest BCUT2D eigenvalue weighted by Crippen LogP contribution is -2.60. The van der Waals surface area contributed by atoms with Crippen molar-refractivity contribution in [2.24, 2.45) is 5.92 Å². The predicted octanol–water partition coefficient (Wildman–Crippen LogP) is 3.75. The van der Waals surface area contributed by atoms with Crippen molar-refractivity contribution in [3.8, 4) is 0 Å². The number of allylic oxidation sites excluding steroid dienone is 2. The largest absolute Gasteiger partial charge is 0.381 e. The maximum atomic E-state index is 14.8. The lowest BCUT2D eigenvalue weighted by Gasteiger charge is -2.51. The minimum absolute atomic E-state index is 0.176. The van der Waals surface area contributed by atoms with E-state index in [0.717, 1.165) is 12.2 Å². The van der Waals surface area contributed by atoms with Gasteiger partial charge >= 0.3 is 0 Å². The van der Waals surface area contributed by atoms with Crippen molar-refractivity contribution in [2.45, 2.75) is 28.3 Å². The molecular weight excluding hydrogens is 370 g/mol. The predicted molar refractivity (Wildman–Crippen MR) is 91.4 cm³/mol. The average Bonchev–Trinajstić information content (AvgIpc) is 2.64. The van der Waals surface area contributed by atoms with Gasteiger partial charge in [0.05, 0.1) is 28.8 Å². The smallest absolute Gasteiger partial charge is 0.149 e. The third kappa shape index (κ3) is 2.70. The van der Waals surface area contributed by atoms with Crippen molar-refractivity contribution in [1.82, 2.24) is 0 Å². The monoisotopic (exact) mass is 386 g/mol. The minimum atomic E-state index is -1.59. The Morgan fingerprint density at radius 3 is 2.76 bits per heavy atom. The van der Waals surface area contributed by atoms with Gasteiger partial charge in [0.1, 0.15) is 18.1 Å². The molecule has 2 fully saturated rings. The summed E-state index contributed by atoms with van der Waals surface area (Å²) in [7, 11) is -1.59. The van der Waals surface area contributed by atoms with Crippen LogP contribution in [0, 0.1) is 5.92 Å². The number of alkyl halides is 1. The molecule has 134 valence electrons. The van der Waals surface area contributed by atoms with E-state index in [9.17, 15) is 13.0 Å². The van der Waals surface area contributed by atoms with Gasteiger partial charge in [-0.15, -0.1) is 0 Å². The number of hydrogen-bond acceptors (Lipinski definition) is 3. The van der Waals surface area contributed by atoms with E-state index in [1.807, 2.05) is 0 Å². The number of hydrogen-bond donors (Lipinski definition) is 0. The van der Waals surface area contributed by atoms with E-state index in [2.05, 4.69) is 0 Å². The van der Waals surface area contributed by atoms with E-state index in [0.29, 0.717) is 29.6 Å². The minimum Gasteiger partial charge on any atom is -0.381 e. The normalized spacial score (nSPS) is 35.9.